The quantitative estimate of drug-likeness (QED) is 0.101. The Morgan fingerprint density at radius 3 is 2.25 bits per heavy atom. The number of amides is 1. The fourth-order valence-electron chi connectivity index (χ4n) is 10.8. The lowest BCUT2D eigenvalue weighted by Crippen LogP contribution is -2.51. The predicted octanol–water partition coefficient (Wildman–Crippen LogP) is 10.4. The molecule has 0 aliphatic heterocycles. The van der Waals surface area contributed by atoms with Crippen molar-refractivity contribution in [3.63, 3.8) is 0 Å². The molecule has 302 valence electrons. The van der Waals surface area contributed by atoms with Crippen LogP contribution in [0.25, 0.3) is 0 Å². The second-order valence-electron chi connectivity index (χ2n) is 19.6. The second-order valence-corrected chi connectivity index (χ2v) is 19.6. The maximum Gasteiger partial charge on any atom is 0.410 e. The van der Waals surface area contributed by atoms with Crippen molar-refractivity contribution < 1.29 is 9.53 Å². The van der Waals surface area contributed by atoms with Gasteiger partial charge in [0.05, 0.1) is 0 Å². The molecule has 3 fully saturated rings. The largest absolute Gasteiger partial charge is 0.446 e. The third-order valence-electron chi connectivity index (χ3n) is 14.1. The number of nitrogens with two attached hydrogens (primary N) is 2. The van der Waals surface area contributed by atoms with Gasteiger partial charge in [-0.3, -0.25) is 0 Å². The van der Waals surface area contributed by atoms with E-state index in [-0.39, 0.29) is 65.7 Å². The molecule has 4 aliphatic carbocycles. The van der Waals surface area contributed by atoms with Crippen LogP contribution in [0.4, 0.5) is 4.79 Å². The summed E-state index contributed by atoms with van der Waals surface area (Å²) in [4.78, 5) is 15.7. The van der Waals surface area contributed by atoms with Gasteiger partial charge in [0.2, 0.25) is 0 Å². The second kappa shape index (κ2) is 20.6. The number of rotatable bonds is 17. The highest BCUT2D eigenvalue weighted by atomic mass is 35.5. The summed E-state index contributed by atoms with van der Waals surface area (Å²) >= 11 is 0. The van der Waals surface area contributed by atoms with Gasteiger partial charge in [0, 0.05) is 26.1 Å². The van der Waals surface area contributed by atoms with Crippen LogP contribution >= 0.6 is 37.2 Å². The Morgan fingerprint density at radius 1 is 0.922 bits per heavy atom. The zero-order valence-corrected chi connectivity index (χ0v) is 36.6. The Hall–Kier alpha value is -0.240. The fraction of sp³-hybridized carbons (Fsp3) is 0.929. The maximum atomic E-state index is 13.7. The Labute approximate surface area is 333 Å². The summed E-state index contributed by atoms with van der Waals surface area (Å²) in [6.07, 6.45) is 18.5. The maximum absolute atomic E-state index is 13.7. The van der Waals surface area contributed by atoms with E-state index in [1.54, 1.807) is 5.57 Å². The Morgan fingerprint density at radius 2 is 1.61 bits per heavy atom. The van der Waals surface area contributed by atoms with Crippen molar-refractivity contribution in [3.05, 3.63) is 11.6 Å². The third-order valence-corrected chi connectivity index (χ3v) is 14.1. The number of carbonyl (C=O) groups excluding carboxylic acids is 1. The number of unbranched alkanes of at least 4 members (excludes halogenated alkanes) is 1. The fourth-order valence-corrected chi connectivity index (χ4v) is 10.8. The molecule has 0 radical (unpaired) electrons. The number of allylic oxidation sites excluding steroid dienone is 1. The van der Waals surface area contributed by atoms with Gasteiger partial charge in [-0.1, -0.05) is 93.2 Å². The van der Waals surface area contributed by atoms with E-state index in [1.807, 2.05) is 4.90 Å². The first kappa shape index (κ1) is 48.8. The van der Waals surface area contributed by atoms with Gasteiger partial charge < -0.3 is 26.4 Å². The molecule has 0 aromatic carbocycles. The highest BCUT2D eigenvalue weighted by molar-refractivity contribution is 5.86. The summed E-state index contributed by atoms with van der Waals surface area (Å²) in [6, 6.07) is 0. The summed E-state index contributed by atoms with van der Waals surface area (Å²) in [5, 5.41) is 3.55. The summed E-state index contributed by atoms with van der Waals surface area (Å²) in [5.41, 5.74) is 14.3. The van der Waals surface area contributed by atoms with Crippen LogP contribution in [0.2, 0.25) is 0 Å². The minimum Gasteiger partial charge on any atom is -0.446 e. The monoisotopic (exact) mass is 779 g/mol. The first-order chi connectivity index (χ1) is 22.5. The van der Waals surface area contributed by atoms with Crippen LogP contribution in [0.15, 0.2) is 11.6 Å². The van der Waals surface area contributed by atoms with Crippen LogP contribution in [-0.2, 0) is 4.74 Å². The third kappa shape index (κ3) is 12.1. The van der Waals surface area contributed by atoms with Crippen LogP contribution < -0.4 is 16.8 Å². The number of halogens is 3. The van der Waals surface area contributed by atoms with Crippen molar-refractivity contribution in [2.45, 2.75) is 152 Å². The lowest BCUT2D eigenvalue weighted by atomic mass is 9.47. The van der Waals surface area contributed by atoms with Crippen molar-refractivity contribution in [2.24, 2.45) is 68.6 Å². The van der Waals surface area contributed by atoms with Crippen molar-refractivity contribution in [1.29, 1.82) is 0 Å². The molecule has 4 aliphatic rings. The number of hydrogen-bond acceptors (Lipinski definition) is 5. The summed E-state index contributed by atoms with van der Waals surface area (Å²) in [7, 11) is 0. The minimum absolute atomic E-state index is 0. The Balaban J connectivity index is 0.00000433. The average Bonchev–Trinajstić information content (AvgIpc) is 3.39. The molecule has 51 heavy (non-hydrogen) atoms. The van der Waals surface area contributed by atoms with Gasteiger partial charge in [0.15, 0.2) is 0 Å². The zero-order chi connectivity index (χ0) is 35.3. The van der Waals surface area contributed by atoms with Crippen LogP contribution in [0, 0.1) is 57.2 Å². The van der Waals surface area contributed by atoms with Crippen LogP contribution in [0.1, 0.15) is 146 Å². The zero-order valence-electron chi connectivity index (χ0n) is 34.2. The van der Waals surface area contributed by atoms with E-state index in [0.717, 1.165) is 80.7 Å². The van der Waals surface area contributed by atoms with Crippen LogP contribution in [0.5, 0.6) is 0 Å². The average molecular weight is 780 g/mol. The molecular formula is C42H81Cl3N4O2. The molecule has 0 aromatic rings. The normalized spacial score (nSPS) is 30.7. The molecule has 0 bridgehead atoms. The summed E-state index contributed by atoms with van der Waals surface area (Å²) in [5.74, 6) is 5.06. The first-order valence-electron chi connectivity index (χ1n) is 20.3. The van der Waals surface area contributed by atoms with E-state index in [0.29, 0.717) is 31.6 Å². The van der Waals surface area contributed by atoms with Gasteiger partial charge in [-0.2, -0.15) is 0 Å². The van der Waals surface area contributed by atoms with E-state index < -0.39 is 0 Å². The molecule has 8 atom stereocenters. The first-order valence-corrected chi connectivity index (χ1v) is 20.3. The van der Waals surface area contributed by atoms with E-state index in [2.05, 4.69) is 73.7 Å². The molecule has 6 nitrogen and oxygen atoms in total. The van der Waals surface area contributed by atoms with Gasteiger partial charge in [-0.05, 0) is 135 Å². The molecule has 0 saturated heterocycles. The van der Waals surface area contributed by atoms with Gasteiger partial charge in [0.1, 0.15) is 6.10 Å². The van der Waals surface area contributed by atoms with Gasteiger partial charge in [-0.25, -0.2) is 4.79 Å². The Bertz CT molecular complexity index is 1090. The van der Waals surface area contributed by atoms with Gasteiger partial charge in [0.25, 0.3) is 0 Å². The van der Waals surface area contributed by atoms with Crippen LogP contribution in [-0.4, -0.2) is 56.4 Å². The van der Waals surface area contributed by atoms with E-state index in [4.69, 9.17) is 16.2 Å². The number of hydrogen-bond donors (Lipinski definition) is 3. The lowest BCUT2D eigenvalue weighted by molar-refractivity contribution is -0.0596. The molecule has 1 amide bonds. The molecule has 3 saturated carbocycles. The molecule has 4 rings (SSSR count). The van der Waals surface area contributed by atoms with Crippen molar-refractivity contribution in [2.75, 3.05) is 39.3 Å². The lowest BCUT2D eigenvalue weighted by Gasteiger charge is -2.58. The highest BCUT2D eigenvalue weighted by Gasteiger charge is 2.59. The van der Waals surface area contributed by atoms with Crippen molar-refractivity contribution >= 4 is 43.3 Å². The molecule has 5 N–H and O–H groups in total. The summed E-state index contributed by atoms with van der Waals surface area (Å²) in [6.45, 7) is 25.7. The standard InChI is InChI=1S/C42H78N4O2.3ClH/c1-30(2)13-12-14-31(3)35-17-18-36-34-16-15-32-25-33(19-21-41(32,8)37(34)20-22-42(35,36)9)48-38(47)46(29-40(6,7)27-44)24-11-10-23-45-28-39(4,5)26-43;;;/h15,30-31,33-37,45H,10-14,16-29,43-44H2,1-9H3;3*1H/t31-,33+,34+,35-,36+,37+,41+,42-;;;/m1.../s1. The molecule has 0 aromatic heterocycles. The molecule has 9 heteroatoms. The number of fused-ring (bicyclic) bond motifs is 5. The van der Waals surface area contributed by atoms with Crippen molar-refractivity contribution in [3.8, 4) is 0 Å². The Kier molecular flexibility index (Phi) is 19.7. The number of nitrogens with zero attached hydrogens (tertiary/aromatic N) is 1. The SMILES string of the molecule is CC(C)CCC[C@@H](C)[C@H]1CC[C@H]2[C@@H]3CC=C4C[C@@H](OC(=O)N(CCCCNCC(C)(C)CN)CC(C)(C)CN)CC[C@]4(C)[C@H]3CC[C@]12C.Cl.Cl.Cl. The highest BCUT2D eigenvalue weighted by Crippen LogP contribution is 2.67. The van der Waals surface area contributed by atoms with Crippen LogP contribution in [0.3, 0.4) is 0 Å². The topological polar surface area (TPSA) is 93.6 Å². The van der Waals surface area contributed by atoms with E-state index in [9.17, 15) is 4.79 Å². The number of carbonyl (C=O) groups is 1. The number of ether oxygens (including phenoxy) is 1. The molecular weight excluding hydrogens is 699 g/mol. The van der Waals surface area contributed by atoms with Crippen molar-refractivity contribution in [1.82, 2.24) is 10.2 Å². The van der Waals surface area contributed by atoms with Gasteiger partial charge in [-0.15, -0.1) is 37.2 Å². The molecule has 0 heterocycles. The number of nitrogens with one attached hydrogen (secondary N) is 1. The van der Waals surface area contributed by atoms with Gasteiger partial charge >= 0.3 is 6.09 Å². The summed E-state index contributed by atoms with van der Waals surface area (Å²) < 4.78 is 6.36. The smallest absolute Gasteiger partial charge is 0.410 e. The molecule has 0 spiro atoms. The van der Waals surface area contributed by atoms with E-state index >= 15 is 0 Å². The predicted molar refractivity (Wildman–Crippen MR) is 224 cm³/mol. The molecule has 0 unspecified atom stereocenters. The van der Waals surface area contributed by atoms with E-state index in [1.165, 1.54) is 51.4 Å². The minimum atomic E-state index is -0.149.